The minimum atomic E-state index is -3.98. The Morgan fingerprint density at radius 1 is 0.903 bits per heavy atom. The molecular weight excluding hydrogens is 432 g/mol. The van der Waals surface area contributed by atoms with E-state index in [1.807, 2.05) is 38.1 Å². The molecular formula is C24H25ClN2O3S. The highest BCUT2D eigenvalue weighted by molar-refractivity contribution is 7.92. The molecule has 0 spiro atoms. The molecule has 3 aromatic carbocycles. The molecule has 162 valence electrons. The maximum atomic E-state index is 13.5. The lowest BCUT2D eigenvalue weighted by molar-refractivity contribution is -0.119. The molecule has 0 aliphatic heterocycles. The molecule has 0 radical (unpaired) electrons. The number of amides is 1. The smallest absolute Gasteiger partial charge is 0.264 e. The van der Waals surface area contributed by atoms with Crippen molar-refractivity contribution in [2.45, 2.75) is 32.2 Å². The van der Waals surface area contributed by atoms with E-state index in [0.717, 1.165) is 21.0 Å². The average molecular weight is 457 g/mol. The summed E-state index contributed by atoms with van der Waals surface area (Å²) < 4.78 is 28.0. The van der Waals surface area contributed by atoms with Gasteiger partial charge in [-0.25, -0.2) is 8.42 Å². The van der Waals surface area contributed by atoms with Crippen LogP contribution in [0, 0.1) is 20.8 Å². The van der Waals surface area contributed by atoms with Crippen LogP contribution >= 0.6 is 11.6 Å². The van der Waals surface area contributed by atoms with Crippen LogP contribution < -0.4 is 9.62 Å². The van der Waals surface area contributed by atoms with Crippen LogP contribution in [0.4, 0.5) is 5.69 Å². The van der Waals surface area contributed by atoms with E-state index in [0.29, 0.717) is 22.8 Å². The first-order valence-electron chi connectivity index (χ1n) is 9.85. The van der Waals surface area contributed by atoms with Gasteiger partial charge in [0.15, 0.2) is 0 Å². The summed E-state index contributed by atoms with van der Waals surface area (Å²) in [6.45, 7) is 5.56. The zero-order valence-electron chi connectivity index (χ0n) is 17.7. The van der Waals surface area contributed by atoms with Crippen LogP contribution in [0.1, 0.15) is 22.3 Å². The molecule has 0 unspecified atom stereocenters. The zero-order chi connectivity index (χ0) is 22.6. The van der Waals surface area contributed by atoms with Crippen molar-refractivity contribution < 1.29 is 13.2 Å². The number of nitrogens with zero attached hydrogens (tertiary/aromatic N) is 1. The molecule has 0 aliphatic rings. The summed E-state index contributed by atoms with van der Waals surface area (Å²) in [5.74, 6) is -0.407. The first kappa shape index (κ1) is 22.8. The lowest BCUT2D eigenvalue weighted by Gasteiger charge is -2.26. The Bertz CT molecular complexity index is 1170. The number of carbonyl (C=O) groups is 1. The second-order valence-corrected chi connectivity index (χ2v) is 9.74. The van der Waals surface area contributed by atoms with Gasteiger partial charge < -0.3 is 5.32 Å². The third-order valence-corrected chi connectivity index (χ3v) is 7.20. The number of halogens is 1. The molecule has 0 aliphatic carbocycles. The van der Waals surface area contributed by atoms with Crippen LogP contribution in [-0.2, 0) is 21.4 Å². The van der Waals surface area contributed by atoms with Crippen molar-refractivity contribution in [2.24, 2.45) is 0 Å². The summed E-state index contributed by atoms with van der Waals surface area (Å²) in [7, 11) is -3.98. The number of sulfonamides is 1. The first-order chi connectivity index (χ1) is 14.7. The van der Waals surface area contributed by atoms with E-state index in [4.69, 9.17) is 11.6 Å². The van der Waals surface area contributed by atoms with Gasteiger partial charge in [0.2, 0.25) is 5.91 Å². The van der Waals surface area contributed by atoms with Crippen LogP contribution in [0.25, 0.3) is 0 Å². The monoisotopic (exact) mass is 456 g/mol. The molecule has 1 N–H and O–H groups in total. The summed E-state index contributed by atoms with van der Waals surface area (Å²) in [5, 5.41) is 3.24. The Morgan fingerprint density at radius 2 is 1.48 bits per heavy atom. The van der Waals surface area contributed by atoms with Gasteiger partial charge >= 0.3 is 0 Å². The van der Waals surface area contributed by atoms with Crippen LogP contribution in [0.5, 0.6) is 0 Å². The number of anilines is 1. The minimum Gasteiger partial charge on any atom is -0.350 e. The van der Waals surface area contributed by atoms with E-state index < -0.39 is 15.9 Å². The molecule has 0 saturated heterocycles. The molecule has 0 aromatic heterocycles. The number of hydrogen-bond acceptors (Lipinski definition) is 3. The third-order valence-electron chi connectivity index (χ3n) is 5.01. The molecule has 0 bridgehead atoms. The average Bonchev–Trinajstić information content (AvgIpc) is 2.74. The molecule has 3 aromatic rings. The van der Waals surface area contributed by atoms with Crippen molar-refractivity contribution in [3.05, 3.63) is 94.0 Å². The zero-order valence-corrected chi connectivity index (χ0v) is 19.3. The van der Waals surface area contributed by atoms with Crippen LogP contribution in [0.2, 0.25) is 5.02 Å². The number of rotatable bonds is 7. The van der Waals surface area contributed by atoms with Gasteiger partial charge in [-0.2, -0.15) is 0 Å². The number of nitrogens with one attached hydrogen (secondary N) is 1. The summed E-state index contributed by atoms with van der Waals surface area (Å²) in [6, 6.07) is 19.3. The number of hydrogen-bond donors (Lipinski definition) is 1. The van der Waals surface area contributed by atoms with Crippen molar-refractivity contribution in [2.75, 3.05) is 10.8 Å². The SMILES string of the molecule is Cc1ccc(CNC(=O)CN(c2cccc(Cl)c2C)S(=O)(=O)c2ccc(C)cc2)cc1. The molecule has 3 rings (SSSR count). The molecule has 0 fully saturated rings. The summed E-state index contributed by atoms with van der Waals surface area (Å²) in [5.41, 5.74) is 3.97. The molecule has 7 heteroatoms. The standard InChI is InChI=1S/C24H25ClN2O3S/c1-17-7-11-20(12-8-17)15-26-24(28)16-27(23-6-4-5-22(25)19(23)3)31(29,30)21-13-9-18(2)10-14-21/h4-14H,15-16H2,1-3H3,(H,26,28). The molecule has 0 saturated carbocycles. The Kier molecular flexibility index (Phi) is 7.03. The second-order valence-electron chi connectivity index (χ2n) is 7.47. The summed E-state index contributed by atoms with van der Waals surface area (Å²) in [6.07, 6.45) is 0. The maximum absolute atomic E-state index is 13.5. The van der Waals surface area contributed by atoms with Gasteiger partial charge in [0.25, 0.3) is 10.0 Å². The van der Waals surface area contributed by atoms with Crippen molar-refractivity contribution >= 4 is 33.2 Å². The molecule has 0 heterocycles. The molecule has 5 nitrogen and oxygen atoms in total. The van der Waals surface area contributed by atoms with E-state index in [1.54, 1.807) is 49.4 Å². The maximum Gasteiger partial charge on any atom is 0.264 e. The quantitative estimate of drug-likeness (QED) is 0.556. The van der Waals surface area contributed by atoms with E-state index in [1.165, 1.54) is 0 Å². The highest BCUT2D eigenvalue weighted by Gasteiger charge is 2.28. The van der Waals surface area contributed by atoms with Crippen LogP contribution in [0.3, 0.4) is 0 Å². The van der Waals surface area contributed by atoms with Crippen LogP contribution in [-0.4, -0.2) is 20.9 Å². The predicted molar refractivity (Wildman–Crippen MR) is 125 cm³/mol. The van der Waals surface area contributed by atoms with E-state index in [2.05, 4.69) is 5.32 Å². The van der Waals surface area contributed by atoms with Gasteiger partial charge in [-0.1, -0.05) is 65.2 Å². The Balaban J connectivity index is 1.90. The Labute approximate surface area is 188 Å². The molecule has 1 amide bonds. The van der Waals surface area contributed by atoms with Gasteiger partial charge in [0, 0.05) is 11.6 Å². The van der Waals surface area contributed by atoms with Gasteiger partial charge in [0.1, 0.15) is 6.54 Å². The Hall–Kier alpha value is -2.83. The molecule has 0 atom stereocenters. The topological polar surface area (TPSA) is 66.5 Å². The largest absolute Gasteiger partial charge is 0.350 e. The van der Waals surface area contributed by atoms with Crippen molar-refractivity contribution in [1.82, 2.24) is 5.32 Å². The first-order valence-corrected chi connectivity index (χ1v) is 11.7. The summed E-state index contributed by atoms with van der Waals surface area (Å²) >= 11 is 6.24. The highest BCUT2D eigenvalue weighted by Crippen LogP contribution is 2.30. The lowest BCUT2D eigenvalue weighted by Crippen LogP contribution is -2.41. The van der Waals surface area contributed by atoms with Crippen molar-refractivity contribution in [3.63, 3.8) is 0 Å². The van der Waals surface area contributed by atoms with Crippen molar-refractivity contribution in [1.29, 1.82) is 0 Å². The minimum absolute atomic E-state index is 0.115. The van der Waals surface area contributed by atoms with Gasteiger partial charge in [-0.15, -0.1) is 0 Å². The van der Waals surface area contributed by atoms with Gasteiger partial charge in [0.05, 0.1) is 10.6 Å². The fraction of sp³-hybridized carbons (Fsp3) is 0.208. The number of benzene rings is 3. The van der Waals surface area contributed by atoms with Crippen LogP contribution in [0.15, 0.2) is 71.6 Å². The van der Waals surface area contributed by atoms with E-state index in [-0.39, 0.29) is 11.4 Å². The van der Waals surface area contributed by atoms with E-state index in [9.17, 15) is 13.2 Å². The van der Waals surface area contributed by atoms with Gasteiger partial charge in [-0.05, 0) is 56.2 Å². The predicted octanol–water partition coefficient (Wildman–Crippen LogP) is 4.78. The van der Waals surface area contributed by atoms with Gasteiger partial charge in [-0.3, -0.25) is 9.10 Å². The number of carbonyl (C=O) groups excluding carboxylic acids is 1. The Morgan fingerprint density at radius 3 is 2.10 bits per heavy atom. The molecule has 31 heavy (non-hydrogen) atoms. The fourth-order valence-electron chi connectivity index (χ4n) is 3.10. The van der Waals surface area contributed by atoms with E-state index >= 15 is 0 Å². The highest BCUT2D eigenvalue weighted by atomic mass is 35.5. The fourth-order valence-corrected chi connectivity index (χ4v) is 4.74. The lowest BCUT2D eigenvalue weighted by atomic mass is 10.1. The third kappa shape index (κ3) is 5.46. The summed E-state index contributed by atoms with van der Waals surface area (Å²) in [4.78, 5) is 12.9. The number of aryl methyl sites for hydroxylation is 2. The normalized spacial score (nSPS) is 11.2. The second kappa shape index (κ2) is 9.54. The van der Waals surface area contributed by atoms with Crippen molar-refractivity contribution in [3.8, 4) is 0 Å².